The van der Waals surface area contributed by atoms with Crippen molar-refractivity contribution < 1.29 is 14.3 Å². The number of hydrogen-bond donors (Lipinski definition) is 2. The van der Waals surface area contributed by atoms with Crippen LogP contribution in [0.25, 0.3) is 0 Å². The summed E-state index contributed by atoms with van der Waals surface area (Å²) >= 11 is 3.42. The van der Waals surface area contributed by atoms with Gasteiger partial charge in [0.15, 0.2) is 0 Å². The van der Waals surface area contributed by atoms with Crippen LogP contribution < -0.4 is 15.8 Å². The van der Waals surface area contributed by atoms with E-state index >= 15 is 0 Å². The molecule has 0 saturated heterocycles. The number of rotatable bonds is 9. The van der Waals surface area contributed by atoms with Crippen LogP contribution in [0, 0.1) is 17.8 Å². The van der Waals surface area contributed by atoms with Gasteiger partial charge in [-0.25, -0.2) is 4.98 Å². The molecule has 36 heavy (non-hydrogen) atoms. The molecule has 2 fully saturated rings. The quantitative estimate of drug-likeness (QED) is 0.411. The number of hydrogen-bond acceptors (Lipinski definition) is 5. The van der Waals surface area contributed by atoms with E-state index in [0.29, 0.717) is 45.7 Å². The van der Waals surface area contributed by atoms with Crippen molar-refractivity contribution in [3.8, 4) is 5.75 Å². The number of nitrogens with one attached hydrogen (secondary N) is 1. The Morgan fingerprint density at radius 2 is 1.72 bits per heavy atom. The van der Waals surface area contributed by atoms with E-state index in [1.807, 2.05) is 6.92 Å². The normalized spacial score (nSPS) is 18.2. The van der Waals surface area contributed by atoms with Crippen LogP contribution in [-0.4, -0.2) is 33.7 Å². The van der Waals surface area contributed by atoms with Gasteiger partial charge in [-0.05, 0) is 40.6 Å². The van der Waals surface area contributed by atoms with Gasteiger partial charge in [0, 0.05) is 24.4 Å². The Kier molecular flexibility index (Phi) is 9.04. The molecule has 0 spiro atoms. The Balaban J connectivity index is 1.79. The number of nitrogens with zero attached hydrogens (tertiary/aromatic N) is 3. The van der Waals surface area contributed by atoms with Crippen molar-refractivity contribution in [2.45, 2.75) is 83.6 Å². The molecule has 2 aromatic heterocycles. The summed E-state index contributed by atoms with van der Waals surface area (Å²) in [6.45, 7) is 2.44. The van der Waals surface area contributed by atoms with Gasteiger partial charge in [0.25, 0.3) is 5.91 Å². The molecule has 0 aromatic carbocycles. The molecule has 196 valence electrons. The third-order valence-electron chi connectivity index (χ3n) is 8.08. The SMILES string of the molecule is CCn1ncc(C(C(=O)Nc2cc(OC)c(Br)cn2)C(C2CCCCC2)C2CCCCC2)c1C(N)=O. The number of methoxy groups -OCH3 is 1. The molecule has 2 aromatic rings. The van der Waals surface area contributed by atoms with Crippen molar-refractivity contribution >= 4 is 33.6 Å². The summed E-state index contributed by atoms with van der Waals surface area (Å²) in [5.74, 6) is 0.740. The van der Waals surface area contributed by atoms with Gasteiger partial charge in [0.05, 0.1) is 23.7 Å². The minimum absolute atomic E-state index is 0.121. The Morgan fingerprint density at radius 1 is 1.11 bits per heavy atom. The lowest BCUT2D eigenvalue weighted by Crippen LogP contribution is -2.39. The molecule has 8 nitrogen and oxygen atoms in total. The third kappa shape index (κ3) is 5.76. The van der Waals surface area contributed by atoms with Crippen molar-refractivity contribution in [3.63, 3.8) is 0 Å². The number of amides is 2. The first kappa shape index (κ1) is 26.6. The van der Waals surface area contributed by atoms with Crippen molar-refractivity contribution in [2.24, 2.45) is 23.5 Å². The van der Waals surface area contributed by atoms with E-state index < -0.39 is 11.8 Å². The fraction of sp³-hybridized carbons (Fsp3) is 0.630. The van der Waals surface area contributed by atoms with Gasteiger partial charge < -0.3 is 15.8 Å². The fourth-order valence-corrected chi connectivity index (χ4v) is 6.86. The minimum Gasteiger partial charge on any atom is -0.495 e. The lowest BCUT2D eigenvalue weighted by Gasteiger charge is -2.41. The average Bonchev–Trinajstić information content (AvgIpc) is 3.33. The maximum absolute atomic E-state index is 14.2. The smallest absolute Gasteiger partial charge is 0.267 e. The Morgan fingerprint density at radius 3 is 2.25 bits per heavy atom. The molecular formula is C27H38BrN5O3. The van der Waals surface area contributed by atoms with Crippen molar-refractivity contribution in [3.05, 3.63) is 34.2 Å². The zero-order valence-electron chi connectivity index (χ0n) is 21.3. The Hall–Kier alpha value is -2.42. The number of carbonyl (C=O) groups excluding carboxylic acids is 2. The molecule has 1 atom stereocenters. The highest BCUT2D eigenvalue weighted by atomic mass is 79.9. The van der Waals surface area contributed by atoms with Crippen molar-refractivity contribution in [1.29, 1.82) is 0 Å². The number of halogens is 1. The van der Waals surface area contributed by atoms with Gasteiger partial charge in [-0.2, -0.15) is 5.10 Å². The van der Waals surface area contributed by atoms with Crippen LogP contribution in [0.1, 0.15) is 93.1 Å². The van der Waals surface area contributed by atoms with E-state index in [2.05, 4.69) is 31.3 Å². The first-order valence-electron chi connectivity index (χ1n) is 13.3. The maximum atomic E-state index is 14.2. The van der Waals surface area contributed by atoms with Crippen LogP contribution >= 0.6 is 15.9 Å². The van der Waals surface area contributed by atoms with Crippen LogP contribution in [0.15, 0.2) is 22.9 Å². The third-order valence-corrected chi connectivity index (χ3v) is 8.68. The first-order valence-corrected chi connectivity index (χ1v) is 14.1. The number of aryl methyl sites for hydroxylation is 1. The van der Waals surface area contributed by atoms with Gasteiger partial charge in [0.2, 0.25) is 5.91 Å². The highest BCUT2D eigenvalue weighted by molar-refractivity contribution is 9.10. The Bertz CT molecular complexity index is 1040. The molecule has 1 unspecified atom stereocenters. The van der Waals surface area contributed by atoms with Gasteiger partial charge >= 0.3 is 0 Å². The molecule has 4 rings (SSSR count). The lowest BCUT2D eigenvalue weighted by molar-refractivity contribution is -0.120. The fourth-order valence-electron chi connectivity index (χ4n) is 6.48. The monoisotopic (exact) mass is 559 g/mol. The number of carbonyl (C=O) groups is 2. The number of aromatic nitrogens is 3. The molecule has 9 heteroatoms. The summed E-state index contributed by atoms with van der Waals surface area (Å²) in [6, 6.07) is 1.71. The summed E-state index contributed by atoms with van der Waals surface area (Å²) in [5, 5.41) is 7.53. The number of nitrogens with two attached hydrogens (primary N) is 1. The summed E-state index contributed by atoms with van der Waals surface area (Å²) in [4.78, 5) is 31.2. The van der Waals surface area contributed by atoms with E-state index in [4.69, 9.17) is 10.5 Å². The zero-order valence-corrected chi connectivity index (χ0v) is 22.9. The second-order valence-electron chi connectivity index (χ2n) is 10.2. The average molecular weight is 561 g/mol. The Labute approximate surface area is 221 Å². The van der Waals surface area contributed by atoms with Crippen LogP contribution in [0.2, 0.25) is 0 Å². The zero-order chi connectivity index (χ0) is 25.7. The molecule has 0 radical (unpaired) electrons. The van der Waals surface area contributed by atoms with Gasteiger partial charge in [0.1, 0.15) is 17.3 Å². The second-order valence-corrected chi connectivity index (χ2v) is 11.0. The van der Waals surface area contributed by atoms with E-state index in [9.17, 15) is 9.59 Å². The predicted octanol–water partition coefficient (Wildman–Crippen LogP) is 5.67. The number of ether oxygens (including phenoxy) is 1. The molecular weight excluding hydrogens is 522 g/mol. The topological polar surface area (TPSA) is 112 Å². The summed E-state index contributed by atoms with van der Waals surface area (Å²) in [6.07, 6.45) is 15.0. The van der Waals surface area contributed by atoms with Crippen LogP contribution in [0.5, 0.6) is 5.75 Å². The second kappa shape index (κ2) is 12.2. The van der Waals surface area contributed by atoms with Crippen molar-refractivity contribution in [1.82, 2.24) is 14.8 Å². The van der Waals surface area contributed by atoms with E-state index in [1.165, 1.54) is 38.5 Å². The van der Waals surface area contributed by atoms with Gasteiger partial charge in [-0.1, -0.05) is 64.2 Å². The first-order chi connectivity index (χ1) is 17.4. The van der Waals surface area contributed by atoms with Crippen LogP contribution in [0.3, 0.4) is 0 Å². The van der Waals surface area contributed by atoms with Crippen LogP contribution in [0.4, 0.5) is 5.82 Å². The molecule has 0 aliphatic heterocycles. The molecule has 2 aliphatic rings. The van der Waals surface area contributed by atoms with E-state index in [-0.39, 0.29) is 11.8 Å². The lowest BCUT2D eigenvalue weighted by atomic mass is 9.63. The molecule has 2 amide bonds. The van der Waals surface area contributed by atoms with E-state index in [1.54, 1.807) is 30.3 Å². The molecule has 2 heterocycles. The minimum atomic E-state index is -0.545. The molecule has 0 bridgehead atoms. The largest absolute Gasteiger partial charge is 0.495 e. The summed E-state index contributed by atoms with van der Waals surface area (Å²) in [7, 11) is 1.58. The summed E-state index contributed by atoms with van der Waals surface area (Å²) < 4.78 is 7.74. The molecule has 2 saturated carbocycles. The van der Waals surface area contributed by atoms with Crippen LogP contribution in [-0.2, 0) is 11.3 Å². The molecule has 3 N–H and O–H groups in total. The maximum Gasteiger partial charge on any atom is 0.267 e. The van der Waals surface area contributed by atoms with E-state index in [0.717, 1.165) is 25.7 Å². The van der Waals surface area contributed by atoms with Gasteiger partial charge in [-0.15, -0.1) is 0 Å². The molecule has 2 aliphatic carbocycles. The van der Waals surface area contributed by atoms with Gasteiger partial charge in [-0.3, -0.25) is 14.3 Å². The number of anilines is 1. The number of primary amides is 1. The predicted molar refractivity (Wildman–Crippen MR) is 143 cm³/mol. The summed E-state index contributed by atoms with van der Waals surface area (Å²) in [5.41, 5.74) is 6.86. The van der Waals surface area contributed by atoms with Crippen molar-refractivity contribution in [2.75, 3.05) is 12.4 Å². The highest BCUT2D eigenvalue weighted by Crippen LogP contribution is 2.48. The number of pyridine rings is 1. The highest BCUT2D eigenvalue weighted by Gasteiger charge is 2.43. The standard InChI is InChI=1S/C27H38BrN5O3/c1-3-33-25(26(29)34)19(15-31-33)24(27(35)32-22-14-21(36-2)20(28)16-30-22)23(17-10-6-4-7-11-17)18-12-8-5-9-13-18/h14-18,23-24H,3-13H2,1-2H3,(H2,29,34)(H,30,32,35).